The van der Waals surface area contributed by atoms with Crippen molar-refractivity contribution < 1.29 is 50.9 Å². The second-order valence-corrected chi connectivity index (χ2v) is 11.3. The maximum absolute atomic E-state index is 13.0. The molecule has 0 unspecified atom stereocenters. The zero-order valence-electron chi connectivity index (χ0n) is 26.5. The molecule has 0 radical (unpaired) electrons. The molecule has 4 aromatic rings. The molecule has 6 N–H and O–H groups in total. The van der Waals surface area contributed by atoms with Crippen molar-refractivity contribution in [3.63, 3.8) is 0 Å². The standard InChI is InChI=1S/C27H26ClN9O.2C2HF3O2/c28-22-15-31-25-33-19-4-1-3-17(13-19)5-6-18-14-20(32-24(22)36-25)7-8-23(18)35-27(38)34-21-9-12-37(16-21)26-29-10-2-11-30-26;2*3-2(4,5)1(6)7/h1-4,7-8,10-11,13-15,21H,5-6,9,12,16H2,(H2,34,35,38)(H2,31,32,33,36);2*(H,6,7)/t21-;;/m0../s1. The first kappa shape index (κ1) is 38.9. The molecule has 0 saturated carbocycles. The Hall–Kier alpha value is -5.92. The van der Waals surface area contributed by atoms with Gasteiger partial charge in [-0.05, 0) is 66.8 Å². The number of rotatable bonds is 3. The minimum absolute atomic E-state index is 0.00847. The van der Waals surface area contributed by atoms with Crippen LogP contribution in [-0.2, 0) is 22.4 Å². The number of nitrogens with one attached hydrogen (secondary N) is 4. The summed E-state index contributed by atoms with van der Waals surface area (Å²) in [6.07, 6.45) is -2.79. The van der Waals surface area contributed by atoms with E-state index in [0.717, 1.165) is 54.0 Å². The van der Waals surface area contributed by atoms with E-state index in [4.69, 9.17) is 31.4 Å². The zero-order chi connectivity index (χ0) is 38.1. The Morgan fingerprint density at radius 1 is 0.865 bits per heavy atom. The number of amides is 2. The van der Waals surface area contributed by atoms with Crippen LogP contribution in [-0.4, -0.2) is 79.6 Å². The van der Waals surface area contributed by atoms with Crippen molar-refractivity contribution in [3.05, 3.63) is 83.3 Å². The molecule has 2 aromatic heterocycles. The lowest BCUT2D eigenvalue weighted by Gasteiger charge is -2.18. The van der Waals surface area contributed by atoms with Crippen LogP contribution in [0.25, 0.3) is 0 Å². The molecule has 0 aliphatic carbocycles. The van der Waals surface area contributed by atoms with Crippen LogP contribution in [0, 0.1) is 0 Å². The maximum Gasteiger partial charge on any atom is 0.490 e. The molecule has 1 saturated heterocycles. The fourth-order valence-corrected chi connectivity index (χ4v) is 4.86. The lowest BCUT2D eigenvalue weighted by molar-refractivity contribution is -0.193. The van der Waals surface area contributed by atoms with E-state index >= 15 is 0 Å². The van der Waals surface area contributed by atoms with Crippen molar-refractivity contribution >= 4 is 64.3 Å². The lowest BCUT2D eigenvalue weighted by atomic mass is 10.0. The SMILES string of the molecule is O=C(Nc1ccc2cc1CCc1cccc(c1)Nc1ncc(Cl)c(n1)N2)N[C@H]1CCN(c2ncccn2)C1.O=C(O)C(F)(F)F.O=C(O)C(F)(F)F. The van der Waals surface area contributed by atoms with E-state index in [1.807, 2.05) is 30.3 Å². The van der Waals surface area contributed by atoms with Crippen molar-refractivity contribution in [2.24, 2.45) is 0 Å². The van der Waals surface area contributed by atoms with Gasteiger partial charge in [0.15, 0.2) is 5.82 Å². The van der Waals surface area contributed by atoms with E-state index in [1.54, 1.807) is 24.7 Å². The van der Waals surface area contributed by atoms with Gasteiger partial charge >= 0.3 is 30.3 Å². The Bertz CT molecular complexity index is 1860. The van der Waals surface area contributed by atoms with Crippen LogP contribution in [0.1, 0.15) is 17.5 Å². The Morgan fingerprint density at radius 3 is 2.17 bits per heavy atom. The second-order valence-electron chi connectivity index (χ2n) is 10.9. The third kappa shape index (κ3) is 11.6. The van der Waals surface area contributed by atoms with Gasteiger partial charge in [-0.15, -0.1) is 0 Å². The first-order valence-corrected chi connectivity index (χ1v) is 15.3. The summed E-state index contributed by atoms with van der Waals surface area (Å²) < 4.78 is 63.5. The number of carbonyl (C=O) groups is 3. The van der Waals surface area contributed by atoms with Crippen molar-refractivity contribution in [1.82, 2.24) is 25.3 Å². The first-order chi connectivity index (χ1) is 24.5. The monoisotopic (exact) mass is 755 g/mol. The van der Waals surface area contributed by atoms with E-state index < -0.39 is 24.3 Å². The van der Waals surface area contributed by atoms with Gasteiger partial charge in [-0.3, -0.25) is 0 Å². The quantitative estimate of drug-likeness (QED) is 0.130. The number of hydrogen-bond acceptors (Lipinski definition) is 10. The summed E-state index contributed by atoms with van der Waals surface area (Å²) in [5.41, 5.74) is 4.63. The summed E-state index contributed by atoms with van der Waals surface area (Å²) >= 11 is 6.37. The highest BCUT2D eigenvalue weighted by atomic mass is 35.5. The number of carbonyl (C=O) groups excluding carboxylic acids is 1. The second kappa shape index (κ2) is 16.9. The molecule has 14 nitrogen and oxygen atoms in total. The van der Waals surface area contributed by atoms with Crippen LogP contribution >= 0.6 is 11.6 Å². The highest BCUT2D eigenvalue weighted by Gasteiger charge is 2.39. The van der Waals surface area contributed by atoms with Crippen molar-refractivity contribution in [2.45, 2.75) is 37.7 Å². The Labute approximate surface area is 295 Å². The van der Waals surface area contributed by atoms with E-state index in [2.05, 4.69) is 58.2 Å². The first-order valence-electron chi connectivity index (χ1n) is 15.0. The fraction of sp³-hybridized carbons (Fsp3) is 0.258. The van der Waals surface area contributed by atoms with Crippen LogP contribution < -0.4 is 26.2 Å². The summed E-state index contributed by atoms with van der Waals surface area (Å²) in [5.74, 6) is -3.88. The van der Waals surface area contributed by atoms with Crippen LogP contribution in [0.4, 0.5) is 65.9 Å². The van der Waals surface area contributed by atoms with Crippen LogP contribution in [0.5, 0.6) is 0 Å². The number of anilines is 6. The van der Waals surface area contributed by atoms with Crippen molar-refractivity contribution in [3.8, 4) is 0 Å². The number of halogens is 7. The Kier molecular flexibility index (Phi) is 12.6. The normalized spacial score (nSPS) is 14.9. The molecule has 4 heterocycles. The highest BCUT2D eigenvalue weighted by molar-refractivity contribution is 6.32. The molecule has 2 aliphatic rings. The number of alkyl halides is 6. The summed E-state index contributed by atoms with van der Waals surface area (Å²) in [6, 6.07) is 15.5. The molecular formula is C31H28ClF6N9O5. The number of nitrogens with zero attached hydrogens (tertiary/aromatic N) is 5. The van der Waals surface area contributed by atoms with Gasteiger partial charge in [0.2, 0.25) is 11.9 Å². The largest absolute Gasteiger partial charge is 0.490 e. The predicted octanol–water partition coefficient (Wildman–Crippen LogP) is 6.17. The highest BCUT2D eigenvalue weighted by Crippen LogP contribution is 2.29. The number of aryl methyl sites for hydroxylation is 2. The number of carboxylic acid groups (broad SMARTS) is 2. The number of urea groups is 1. The lowest BCUT2D eigenvalue weighted by Crippen LogP contribution is -2.40. The van der Waals surface area contributed by atoms with Gasteiger partial charge in [0.05, 0.1) is 6.20 Å². The molecule has 0 spiro atoms. The minimum Gasteiger partial charge on any atom is -0.475 e. The Balaban J connectivity index is 0.000000367. The van der Waals surface area contributed by atoms with Gasteiger partial charge in [-0.2, -0.15) is 31.3 Å². The van der Waals surface area contributed by atoms with Crippen LogP contribution in [0.3, 0.4) is 0 Å². The summed E-state index contributed by atoms with van der Waals surface area (Å²) in [6.45, 7) is 1.46. The fourth-order valence-electron chi connectivity index (χ4n) is 4.72. The number of carboxylic acids is 2. The predicted molar refractivity (Wildman–Crippen MR) is 176 cm³/mol. The molecule has 1 atom stereocenters. The third-order valence-corrected chi connectivity index (χ3v) is 7.35. The molecule has 276 valence electrons. The molecule has 52 heavy (non-hydrogen) atoms. The molecule has 6 bridgehead atoms. The number of aromatic nitrogens is 4. The van der Waals surface area contributed by atoms with Crippen molar-refractivity contribution in [1.29, 1.82) is 0 Å². The van der Waals surface area contributed by atoms with E-state index in [1.165, 1.54) is 0 Å². The molecule has 6 rings (SSSR count). The third-order valence-electron chi connectivity index (χ3n) is 7.07. The Morgan fingerprint density at radius 2 is 1.52 bits per heavy atom. The van der Waals surface area contributed by atoms with Gasteiger partial charge in [0.1, 0.15) is 5.02 Å². The molecule has 21 heteroatoms. The number of fused-ring (bicyclic) bond motifs is 6. The van der Waals surface area contributed by atoms with Gasteiger partial charge in [0, 0.05) is 48.6 Å². The minimum atomic E-state index is -5.08. The van der Waals surface area contributed by atoms with Gasteiger partial charge in [-0.25, -0.2) is 29.3 Å². The molecule has 2 amide bonds. The summed E-state index contributed by atoms with van der Waals surface area (Å²) in [5, 5.41) is 27.4. The zero-order valence-corrected chi connectivity index (χ0v) is 27.2. The topological polar surface area (TPSA) is 195 Å². The number of benzene rings is 2. The van der Waals surface area contributed by atoms with E-state index in [9.17, 15) is 31.1 Å². The van der Waals surface area contributed by atoms with E-state index in [0.29, 0.717) is 29.3 Å². The average molecular weight is 756 g/mol. The number of hydrogen-bond donors (Lipinski definition) is 6. The average Bonchev–Trinajstić information content (AvgIpc) is 3.54. The molecule has 2 aliphatic heterocycles. The number of aliphatic carboxylic acids is 2. The maximum atomic E-state index is 13.0. The molecule has 2 aromatic carbocycles. The molecule has 1 fully saturated rings. The van der Waals surface area contributed by atoms with Gasteiger partial charge < -0.3 is 36.4 Å². The van der Waals surface area contributed by atoms with Gasteiger partial charge in [-0.1, -0.05) is 23.7 Å². The van der Waals surface area contributed by atoms with Crippen LogP contribution in [0.2, 0.25) is 5.02 Å². The van der Waals surface area contributed by atoms with E-state index in [-0.39, 0.29) is 12.1 Å². The smallest absolute Gasteiger partial charge is 0.475 e. The summed E-state index contributed by atoms with van der Waals surface area (Å²) in [7, 11) is 0. The van der Waals surface area contributed by atoms with Gasteiger partial charge in [0.25, 0.3) is 0 Å². The summed E-state index contributed by atoms with van der Waals surface area (Å²) in [4.78, 5) is 50.3. The van der Waals surface area contributed by atoms with Crippen molar-refractivity contribution in [2.75, 3.05) is 33.9 Å². The molecular weight excluding hydrogens is 728 g/mol. The van der Waals surface area contributed by atoms with Crippen LogP contribution in [0.15, 0.2) is 67.1 Å².